The van der Waals surface area contributed by atoms with Crippen molar-refractivity contribution in [1.29, 1.82) is 0 Å². The molecular formula is C23H30N4O2. The average molecular weight is 395 g/mol. The van der Waals surface area contributed by atoms with Crippen molar-refractivity contribution in [3.63, 3.8) is 0 Å². The SMILES string of the molecule is CCCCN(C)C(=O)c1cccc(C(=O)N2CCN(Cc3ccccc3)CC2)n1. The van der Waals surface area contributed by atoms with Crippen LogP contribution in [0, 0.1) is 0 Å². The topological polar surface area (TPSA) is 56.8 Å². The molecule has 1 fully saturated rings. The van der Waals surface area contributed by atoms with Gasteiger partial charge in [0.1, 0.15) is 11.4 Å². The van der Waals surface area contributed by atoms with E-state index < -0.39 is 0 Å². The monoisotopic (exact) mass is 394 g/mol. The molecular weight excluding hydrogens is 364 g/mol. The van der Waals surface area contributed by atoms with Gasteiger partial charge in [0.2, 0.25) is 0 Å². The minimum absolute atomic E-state index is 0.102. The minimum Gasteiger partial charge on any atom is -0.340 e. The van der Waals surface area contributed by atoms with E-state index in [1.54, 1.807) is 30.1 Å². The second-order valence-corrected chi connectivity index (χ2v) is 7.54. The first-order valence-electron chi connectivity index (χ1n) is 10.4. The third kappa shape index (κ3) is 5.64. The van der Waals surface area contributed by atoms with Crippen LogP contribution in [0.2, 0.25) is 0 Å². The zero-order valence-electron chi connectivity index (χ0n) is 17.4. The van der Waals surface area contributed by atoms with Gasteiger partial charge in [0, 0.05) is 46.3 Å². The van der Waals surface area contributed by atoms with Crippen molar-refractivity contribution in [2.45, 2.75) is 26.3 Å². The lowest BCUT2D eigenvalue weighted by molar-refractivity contribution is 0.0622. The predicted molar refractivity (Wildman–Crippen MR) is 114 cm³/mol. The van der Waals surface area contributed by atoms with Crippen LogP contribution in [0.1, 0.15) is 46.3 Å². The first-order valence-corrected chi connectivity index (χ1v) is 10.4. The van der Waals surface area contributed by atoms with Gasteiger partial charge in [-0.25, -0.2) is 4.98 Å². The lowest BCUT2D eigenvalue weighted by Gasteiger charge is -2.34. The lowest BCUT2D eigenvalue weighted by Crippen LogP contribution is -2.48. The van der Waals surface area contributed by atoms with E-state index in [0.29, 0.717) is 31.0 Å². The predicted octanol–water partition coefficient (Wildman–Crippen LogP) is 2.91. The fraction of sp³-hybridized carbons (Fsp3) is 0.435. The maximum absolute atomic E-state index is 12.9. The highest BCUT2D eigenvalue weighted by Gasteiger charge is 2.24. The fourth-order valence-corrected chi connectivity index (χ4v) is 3.48. The number of aromatic nitrogens is 1. The normalized spacial score (nSPS) is 14.6. The van der Waals surface area contributed by atoms with E-state index in [1.165, 1.54) is 5.56 Å². The van der Waals surface area contributed by atoms with E-state index >= 15 is 0 Å². The third-order valence-electron chi connectivity index (χ3n) is 5.29. The average Bonchev–Trinajstić information content (AvgIpc) is 2.77. The maximum Gasteiger partial charge on any atom is 0.272 e. The number of piperazine rings is 1. The zero-order valence-corrected chi connectivity index (χ0v) is 17.4. The van der Waals surface area contributed by atoms with Gasteiger partial charge in [0.25, 0.3) is 11.8 Å². The molecule has 0 atom stereocenters. The van der Waals surface area contributed by atoms with Gasteiger partial charge in [0.05, 0.1) is 0 Å². The van der Waals surface area contributed by atoms with E-state index in [-0.39, 0.29) is 11.8 Å². The number of carbonyl (C=O) groups is 2. The Morgan fingerprint density at radius 3 is 2.34 bits per heavy atom. The van der Waals surface area contributed by atoms with Crippen LogP contribution in [0.5, 0.6) is 0 Å². The molecule has 0 spiro atoms. The Hall–Kier alpha value is -2.73. The molecule has 0 N–H and O–H groups in total. The molecule has 0 saturated carbocycles. The van der Waals surface area contributed by atoms with Gasteiger partial charge in [-0.05, 0) is 24.1 Å². The van der Waals surface area contributed by atoms with Crippen molar-refractivity contribution in [1.82, 2.24) is 19.7 Å². The molecule has 2 heterocycles. The third-order valence-corrected chi connectivity index (χ3v) is 5.29. The molecule has 0 aliphatic carbocycles. The summed E-state index contributed by atoms with van der Waals surface area (Å²) in [5.74, 6) is -0.240. The van der Waals surface area contributed by atoms with Crippen LogP contribution in [0.3, 0.4) is 0 Å². The Bertz CT molecular complexity index is 817. The number of hydrogen-bond donors (Lipinski definition) is 0. The summed E-state index contributed by atoms with van der Waals surface area (Å²) in [6.45, 7) is 6.69. The molecule has 1 aromatic carbocycles. The molecule has 1 saturated heterocycles. The summed E-state index contributed by atoms with van der Waals surface area (Å²) in [6, 6.07) is 15.5. The van der Waals surface area contributed by atoms with Crippen LogP contribution in [-0.4, -0.2) is 71.3 Å². The summed E-state index contributed by atoms with van der Waals surface area (Å²) in [7, 11) is 1.78. The van der Waals surface area contributed by atoms with Gasteiger partial charge >= 0.3 is 0 Å². The van der Waals surface area contributed by atoms with Crippen molar-refractivity contribution in [3.8, 4) is 0 Å². The molecule has 6 heteroatoms. The van der Waals surface area contributed by atoms with Crippen LogP contribution in [0.15, 0.2) is 48.5 Å². The number of unbranched alkanes of at least 4 members (excludes halogenated alkanes) is 1. The van der Waals surface area contributed by atoms with Crippen molar-refractivity contribution in [2.75, 3.05) is 39.8 Å². The van der Waals surface area contributed by atoms with E-state index in [2.05, 4.69) is 41.1 Å². The standard InChI is InChI=1S/C23H30N4O2/c1-3-4-13-25(2)22(28)20-11-8-12-21(24-20)23(29)27-16-14-26(15-17-27)18-19-9-6-5-7-10-19/h5-12H,3-4,13-18H2,1-2H3. The van der Waals surface area contributed by atoms with Gasteiger partial charge in [-0.1, -0.05) is 49.7 Å². The zero-order chi connectivity index (χ0) is 20.6. The van der Waals surface area contributed by atoms with E-state index in [9.17, 15) is 9.59 Å². The maximum atomic E-state index is 12.9. The number of benzene rings is 1. The van der Waals surface area contributed by atoms with Gasteiger partial charge < -0.3 is 9.80 Å². The number of rotatable bonds is 7. The Morgan fingerprint density at radius 2 is 1.66 bits per heavy atom. The molecule has 2 amide bonds. The highest BCUT2D eigenvalue weighted by molar-refractivity contribution is 5.96. The van der Waals surface area contributed by atoms with Crippen LogP contribution in [-0.2, 0) is 6.54 Å². The molecule has 6 nitrogen and oxygen atoms in total. The molecule has 3 rings (SSSR count). The Labute approximate surface area is 173 Å². The summed E-state index contributed by atoms with van der Waals surface area (Å²) < 4.78 is 0. The minimum atomic E-state index is -0.138. The molecule has 29 heavy (non-hydrogen) atoms. The van der Waals surface area contributed by atoms with Crippen LogP contribution >= 0.6 is 0 Å². The summed E-state index contributed by atoms with van der Waals surface area (Å²) in [4.78, 5) is 35.7. The summed E-state index contributed by atoms with van der Waals surface area (Å²) in [5.41, 5.74) is 1.96. The van der Waals surface area contributed by atoms with Crippen molar-refractivity contribution in [3.05, 3.63) is 65.5 Å². The first kappa shape index (κ1) is 21.0. The van der Waals surface area contributed by atoms with Crippen molar-refractivity contribution in [2.24, 2.45) is 0 Å². The number of nitrogens with zero attached hydrogens (tertiary/aromatic N) is 4. The lowest BCUT2D eigenvalue weighted by atomic mass is 10.2. The van der Waals surface area contributed by atoms with Crippen LogP contribution in [0.4, 0.5) is 0 Å². The number of carbonyl (C=O) groups excluding carboxylic acids is 2. The molecule has 1 aliphatic rings. The molecule has 1 aliphatic heterocycles. The quantitative estimate of drug-likeness (QED) is 0.725. The summed E-state index contributed by atoms with van der Waals surface area (Å²) in [5, 5.41) is 0. The van der Waals surface area contributed by atoms with Crippen molar-refractivity contribution < 1.29 is 9.59 Å². The smallest absolute Gasteiger partial charge is 0.272 e. The van der Waals surface area contributed by atoms with Gasteiger partial charge in [-0.2, -0.15) is 0 Å². The van der Waals surface area contributed by atoms with Crippen molar-refractivity contribution >= 4 is 11.8 Å². The van der Waals surface area contributed by atoms with E-state index in [0.717, 1.165) is 32.5 Å². The first-order chi connectivity index (χ1) is 14.1. The van der Waals surface area contributed by atoms with E-state index in [4.69, 9.17) is 0 Å². The number of hydrogen-bond acceptors (Lipinski definition) is 4. The van der Waals surface area contributed by atoms with Crippen LogP contribution < -0.4 is 0 Å². The molecule has 0 bridgehead atoms. The second-order valence-electron chi connectivity index (χ2n) is 7.54. The summed E-state index contributed by atoms with van der Waals surface area (Å²) in [6.07, 6.45) is 1.98. The van der Waals surface area contributed by atoms with E-state index in [1.807, 2.05) is 11.0 Å². The largest absolute Gasteiger partial charge is 0.340 e. The van der Waals surface area contributed by atoms with Gasteiger partial charge in [0.15, 0.2) is 0 Å². The molecule has 1 aromatic heterocycles. The molecule has 2 aromatic rings. The fourth-order valence-electron chi connectivity index (χ4n) is 3.48. The Balaban J connectivity index is 1.57. The number of pyridine rings is 1. The summed E-state index contributed by atoms with van der Waals surface area (Å²) >= 11 is 0. The Morgan fingerprint density at radius 1 is 0.966 bits per heavy atom. The van der Waals surface area contributed by atoms with Crippen LogP contribution in [0.25, 0.3) is 0 Å². The molecule has 154 valence electrons. The van der Waals surface area contributed by atoms with Gasteiger partial charge in [-0.15, -0.1) is 0 Å². The molecule has 0 radical (unpaired) electrons. The second kappa shape index (κ2) is 10.2. The Kier molecular flexibility index (Phi) is 7.36. The highest BCUT2D eigenvalue weighted by atomic mass is 16.2. The highest BCUT2D eigenvalue weighted by Crippen LogP contribution is 2.12. The molecule has 0 unspecified atom stereocenters. The number of amides is 2. The van der Waals surface area contributed by atoms with Gasteiger partial charge in [-0.3, -0.25) is 14.5 Å².